The van der Waals surface area contributed by atoms with Crippen molar-refractivity contribution in [3.63, 3.8) is 0 Å². The zero-order chi connectivity index (χ0) is 16.1. The summed E-state index contributed by atoms with van der Waals surface area (Å²) in [7, 11) is 0. The normalized spacial score (nSPS) is 20.2. The van der Waals surface area contributed by atoms with E-state index in [0.717, 1.165) is 11.8 Å². The van der Waals surface area contributed by atoms with Crippen LogP contribution in [0.25, 0.3) is 11.0 Å². The molecule has 0 spiro atoms. The standard InChI is InChI=1S/C14H9ClN4O3S/c1-6-12(20)19-14(17-16-6)23-11(18-19)9-5-7-4-8(15)2-3-10(7)22-13(9)21/h2-6,16H,1H3. The molecule has 1 unspecified atom stereocenters. The van der Waals surface area contributed by atoms with Gasteiger partial charge in [-0.2, -0.15) is 15.2 Å². The Kier molecular flexibility index (Phi) is 3.17. The number of rotatable bonds is 1. The number of thioether (sulfide) groups is 1. The Balaban J connectivity index is 1.82. The second-order valence-corrected chi connectivity index (χ2v) is 6.42. The molecule has 2 aliphatic heterocycles. The molecule has 1 aromatic carbocycles. The summed E-state index contributed by atoms with van der Waals surface area (Å²) >= 11 is 7.10. The monoisotopic (exact) mass is 348 g/mol. The third kappa shape index (κ3) is 2.30. The minimum Gasteiger partial charge on any atom is -0.422 e. The van der Waals surface area contributed by atoms with Gasteiger partial charge in [-0.25, -0.2) is 4.79 Å². The average Bonchev–Trinajstić information content (AvgIpc) is 2.95. The van der Waals surface area contributed by atoms with Crippen molar-refractivity contribution in [2.45, 2.75) is 13.0 Å². The fourth-order valence-corrected chi connectivity index (χ4v) is 3.28. The number of nitrogens with one attached hydrogen (secondary N) is 1. The molecule has 4 rings (SSSR count). The van der Waals surface area contributed by atoms with Crippen LogP contribution in [-0.2, 0) is 4.79 Å². The van der Waals surface area contributed by atoms with Crippen molar-refractivity contribution in [1.82, 2.24) is 10.4 Å². The highest BCUT2D eigenvalue weighted by molar-refractivity contribution is 8.27. The van der Waals surface area contributed by atoms with Gasteiger partial charge in [0.2, 0.25) is 5.17 Å². The number of nitrogens with zero attached hydrogens (tertiary/aromatic N) is 3. The number of amides is 1. The van der Waals surface area contributed by atoms with Gasteiger partial charge in [0.1, 0.15) is 16.7 Å². The Morgan fingerprint density at radius 3 is 3.00 bits per heavy atom. The maximum absolute atomic E-state index is 12.2. The van der Waals surface area contributed by atoms with Gasteiger partial charge in [0.25, 0.3) is 5.91 Å². The molecule has 0 radical (unpaired) electrons. The Morgan fingerprint density at radius 2 is 2.17 bits per heavy atom. The van der Waals surface area contributed by atoms with E-state index in [2.05, 4.69) is 15.6 Å². The van der Waals surface area contributed by atoms with Gasteiger partial charge in [0.05, 0.1) is 5.56 Å². The molecule has 0 saturated heterocycles. The van der Waals surface area contributed by atoms with E-state index in [1.54, 1.807) is 31.2 Å². The summed E-state index contributed by atoms with van der Waals surface area (Å²) in [6.07, 6.45) is 0. The Morgan fingerprint density at radius 1 is 1.35 bits per heavy atom. The first-order valence-electron chi connectivity index (χ1n) is 6.70. The molecule has 2 aliphatic rings. The van der Waals surface area contributed by atoms with Gasteiger partial charge in [-0.1, -0.05) is 11.6 Å². The SMILES string of the molecule is CC1NN=C2SC(c3cc4cc(Cl)ccc4oc3=O)=NN2C1=O. The van der Waals surface area contributed by atoms with Gasteiger partial charge in [0.15, 0.2) is 0 Å². The zero-order valence-electron chi connectivity index (χ0n) is 11.7. The van der Waals surface area contributed by atoms with Gasteiger partial charge in [0, 0.05) is 10.4 Å². The van der Waals surface area contributed by atoms with Crippen LogP contribution in [0.15, 0.2) is 43.7 Å². The molecule has 1 atom stereocenters. The molecule has 3 heterocycles. The Hall–Kier alpha value is -2.32. The van der Waals surface area contributed by atoms with Crippen molar-refractivity contribution in [1.29, 1.82) is 0 Å². The fraction of sp³-hybridized carbons (Fsp3) is 0.143. The van der Waals surface area contributed by atoms with Crippen LogP contribution in [0, 0.1) is 0 Å². The minimum absolute atomic E-state index is 0.231. The number of carbonyl (C=O) groups is 1. The van der Waals surface area contributed by atoms with Crippen LogP contribution in [0.1, 0.15) is 12.5 Å². The molecule has 7 nitrogen and oxygen atoms in total. The predicted molar refractivity (Wildman–Crippen MR) is 88.5 cm³/mol. The van der Waals surface area contributed by atoms with Crippen LogP contribution in [0.3, 0.4) is 0 Å². The second kappa shape index (κ2) is 5.10. The summed E-state index contributed by atoms with van der Waals surface area (Å²) in [4.78, 5) is 24.3. The lowest BCUT2D eigenvalue weighted by Crippen LogP contribution is -2.46. The number of hydrazone groups is 2. The van der Waals surface area contributed by atoms with Crippen LogP contribution in [-0.4, -0.2) is 27.2 Å². The van der Waals surface area contributed by atoms with Crippen LogP contribution >= 0.6 is 23.4 Å². The molecule has 23 heavy (non-hydrogen) atoms. The van der Waals surface area contributed by atoms with Gasteiger partial charge in [-0.3, -0.25) is 10.2 Å². The second-order valence-electron chi connectivity index (χ2n) is 5.03. The quantitative estimate of drug-likeness (QED) is 0.796. The minimum atomic E-state index is -0.528. The predicted octanol–water partition coefficient (Wildman–Crippen LogP) is 1.95. The molecular formula is C14H9ClN4O3S. The number of halogens is 1. The van der Waals surface area contributed by atoms with E-state index >= 15 is 0 Å². The lowest BCUT2D eigenvalue weighted by Gasteiger charge is -2.21. The van der Waals surface area contributed by atoms with E-state index < -0.39 is 11.7 Å². The average molecular weight is 349 g/mol. The van der Waals surface area contributed by atoms with Crippen molar-refractivity contribution >= 4 is 50.5 Å². The lowest BCUT2D eigenvalue weighted by molar-refractivity contribution is -0.129. The Bertz CT molecular complexity index is 968. The smallest absolute Gasteiger partial charge is 0.346 e. The van der Waals surface area contributed by atoms with E-state index in [1.165, 1.54) is 5.01 Å². The molecule has 2 aromatic rings. The molecule has 0 saturated carbocycles. The first-order valence-corrected chi connectivity index (χ1v) is 7.90. The summed E-state index contributed by atoms with van der Waals surface area (Å²) in [5.41, 5.74) is 2.89. The Labute approximate surface area is 139 Å². The molecule has 1 amide bonds. The number of amidine groups is 1. The first kappa shape index (κ1) is 14.3. The molecule has 0 aliphatic carbocycles. The van der Waals surface area contributed by atoms with Crippen LogP contribution in [0.4, 0.5) is 0 Å². The number of fused-ring (bicyclic) bond motifs is 2. The van der Waals surface area contributed by atoms with Crippen molar-refractivity contribution in [3.8, 4) is 0 Å². The van der Waals surface area contributed by atoms with Crippen molar-refractivity contribution in [2.24, 2.45) is 10.2 Å². The summed E-state index contributed by atoms with van der Waals surface area (Å²) in [5, 5.41) is 11.4. The van der Waals surface area contributed by atoms with E-state index in [9.17, 15) is 9.59 Å². The van der Waals surface area contributed by atoms with Crippen molar-refractivity contribution < 1.29 is 9.21 Å². The number of hydrogen-bond donors (Lipinski definition) is 1. The zero-order valence-corrected chi connectivity index (χ0v) is 13.3. The largest absolute Gasteiger partial charge is 0.422 e. The summed E-state index contributed by atoms with van der Waals surface area (Å²) < 4.78 is 5.29. The maximum atomic E-state index is 12.2. The van der Waals surface area contributed by atoms with Gasteiger partial charge >= 0.3 is 5.63 Å². The molecule has 1 N–H and O–H groups in total. The van der Waals surface area contributed by atoms with Gasteiger partial charge in [-0.15, -0.1) is 0 Å². The maximum Gasteiger partial charge on any atom is 0.346 e. The number of benzene rings is 1. The first-order chi connectivity index (χ1) is 11.0. The molecule has 9 heteroatoms. The summed E-state index contributed by atoms with van der Waals surface area (Å²) in [5.74, 6) is -0.231. The van der Waals surface area contributed by atoms with Crippen molar-refractivity contribution in [3.05, 3.63) is 45.3 Å². The lowest BCUT2D eigenvalue weighted by atomic mass is 10.2. The third-order valence-electron chi connectivity index (χ3n) is 3.42. The highest BCUT2D eigenvalue weighted by Gasteiger charge is 2.36. The third-order valence-corrected chi connectivity index (χ3v) is 4.59. The molecular weight excluding hydrogens is 340 g/mol. The van der Waals surface area contributed by atoms with Crippen LogP contribution < -0.4 is 11.1 Å². The van der Waals surface area contributed by atoms with Crippen LogP contribution in [0.5, 0.6) is 0 Å². The van der Waals surface area contributed by atoms with E-state index in [0.29, 0.717) is 26.2 Å². The molecule has 0 bridgehead atoms. The summed E-state index contributed by atoms with van der Waals surface area (Å²) in [6.45, 7) is 1.69. The van der Waals surface area contributed by atoms with Crippen LogP contribution in [0.2, 0.25) is 5.02 Å². The van der Waals surface area contributed by atoms with Gasteiger partial charge < -0.3 is 4.42 Å². The molecule has 0 fully saturated rings. The number of carbonyl (C=O) groups excluding carboxylic acids is 1. The van der Waals surface area contributed by atoms with Crippen molar-refractivity contribution in [2.75, 3.05) is 0 Å². The number of hydrogen-bond acceptors (Lipinski definition) is 7. The topological polar surface area (TPSA) is 87.3 Å². The van der Waals surface area contributed by atoms with E-state index in [-0.39, 0.29) is 11.5 Å². The highest BCUT2D eigenvalue weighted by atomic mass is 35.5. The highest BCUT2D eigenvalue weighted by Crippen LogP contribution is 2.28. The fourth-order valence-electron chi connectivity index (χ4n) is 2.24. The van der Waals surface area contributed by atoms with E-state index in [4.69, 9.17) is 16.0 Å². The molecule has 1 aromatic heterocycles. The van der Waals surface area contributed by atoms with E-state index in [1.807, 2.05) is 0 Å². The summed E-state index contributed by atoms with van der Waals surface area (Å²) in [6, 6.07) is 6.17. The molecule has 116 valence electrons. The van der Waals surface area contributed by atoms with Gasteiger partial charge in [-0.05, 0) is 43.0 Å².